The molecule has 19 heavy (non-hydrogen) atoms. The van der Waals surface area contributed by atoms with Crippen molar-refractivity contribution in [3.05, 3.63) is 53.3 Å². The van der Waals surface area contributed by atoms with Gasteiger partial charge in [0.2, 0.25) is 0 Å². The van der Waals surface area contributed by atoms with Gasteiger partial charge in [0.05, 0.1) is 4.90 Å². The van der Waals surface area contributed by atoms with Gasteiger partial charge in [-0.1, -0.05) is 11.6 Å². The van der Waals surface area contributed by atoms with Gasteiger partial charge in [-0.25, -0.2) is 4.39 Å². The van der Waals surface area contributed by atoms with Crippen LogP contribution in [0.1, 0.15) is 0 Å². The van der Waals surface area contributed by atoms with Crippen molar-refractivity contribution in [1.29, 1.82) is 0 Å². The number of hydrogen-bond donors (Lipinski definition) is 0. The number of thioether (sulfide) groups is 1. The fraction of sp³-hybridized carbons (Fsp3) is 0.0667. The average molecular weight is 293 g/mol. The second-order valence-electron chi connectivity index (χ2n) is 4.11. The van der Waals surface area contributed by atoms with E-state index in [1.807, 2.05) is 18.4 Å². The van der Waals surface area contributed by atoms with Crippen molar-refractivity contribution >= 4 is 34.3 Å². The van der Waals surface area contributed by atoms with Crippen molar-refractivity contribution in [2.24, 2.45) is 0 Å². The number of benzene rings is 2. The molecule has 1 aromatic heterocycles. The average Bonchev–Trinajstić information content (AvgIpc) is 2.77. The van der Waals surface area contributed by atoms with Crippen LogP contribution < -0.4 is 0 Å². The molecule has 96 valence electrons. The molecular weight excluding hydrogens is 283 g/mol. The first-order chi connectivity index (χ1) is 9.19. The molecule has 3 aromatic rings. The standard InChI is InChI=1S/C15H10ClFOS/c1-19-15-12-8-10(16)4-7-13(12)18-14(15)9-2-5-11(17)6-3-9/h2-8H,1H3. The highest BCUT2D eigenvalue weighted by Crippen LogP contribution is 2.40. The third-order valence-corrected chi connectivity index (χ3v) is 3.96. The molecule has 0 spiro atoms. The molecule has 0 saturated heterocycles. The quantitative estimate of drug-likeness (QED) is 0.569. The van der Waals surface area contributed by atoms with Crippen molar-refractivity contribution in [1.82, 2.24) is 0 Å². The van der Waals surface area contributed by atoms with Gasteiger partial charge in [-0.2, -0.15) is 0 Å². The predicted octanol–water partition coefficient (Wildman–Crippen LogP) is 5.61. The van der Waals surface area contributed by atoms with Crippen LogP contribution in [-0.4, -0.2) is 6.26 Å². The molecule has 0 aliphatic heterocycles. The maximum atomic E-state index is 13.0. The van der Waals surface area contributed by atoms with E-state index >= 15 is 0 Å². The van der Waals surface area contributed by atoms with Gasteiger partial charge in [-0.05, 0) is 48.7 Å². The van der Waals surface area contributed by atoms with Crippen LogP contribution in [-0.2, 0) is 0 Å². The van der Waals surface area contributed by atoms with Crippen LogP contribution in [0.25, 0.3) is 22.3 Å². The lowest BCUT2D eigenvalue weighted by atomic mass is 10.1. The summed E-state index contributed by atoms with van der Waals surface area (Å²) in [7, 11) is 0. The topological polar surface area (TPSA) is 13.1 Å². The van der Waals surface area contributed by atoms with E-state index in [-0.39, 0.29) is 5.82 Å². The Morgan fingerprint density at radius 3 is 2.53 bits per heavy atom. The van der Waals surface area contributed by atoms with E-state index in [9.17, 15) is 4.39 Å². The fourth-order valence-electron chi connectivity index (χ4n) is 2.04. The molecule has 0 radical (unpaired) electrons. The summed E-state index contributed by atoms with van der Waals surface area (Å²) >= 11 is 7.62. The maximum absolute atomic E-state index is 13.0. The van der Waals surface area contributed by atoms with Crippen molar-refractivity contribution in [3.63, 3.8) is 0 Å². The number of fused-ring (bicyclic) bond motifs is 1. The summed E-state index contributed by atoms with van der Waals surface area (Å²) in [5.41, 5.74) is 1.64. The second kappa shape index (κ2) is 4.91. The summed E-state index contributed by atoms with van der Waals surface area (Å²) in [5, 5.41) is 1.66. The van der Waals surface area contributed by atoms with Gasteiger partial charge in [0.1, 0.15) is 17.2 Å². The SMILES string of the molecule is CSc1c(-c2ccc(F)cc2)oc2ccc(Cl)cc12. The lowest BCUT2D eigenvalue weighted by Gasteiger charge is -2.00. The van der Waals surface area contributed by atoms with Gasteiger partial charge in [-0.15, -0.1) is 11.8 Å². The highest BCUT2D eigenvalue weighted by atomic mass is 35.5. The van der Waals surface area contributed by atoms with Crippen LogP contribution in [0.5, 0.6) is 0 Å². The van der Waals surface area contributed by atoms with E-state index < -0.39 is 0 Å². The van der Waals surface area contributed by atoms with E-state index in [1.165, 1.54) is 12.1 Å². The van der Waals surface area contributed by atoms with E-state index in [2.05, 4.69) is 0 Å². The minimum Gasteiger partial charge on any atom is -0.455 e. The third-order valence-electron chi connectivity index (χ3n) is 2.92. The second-order valence-corrected chi connectivity index (χ2v) is 5.36. The zero-order chi connectivity index (χ0) is 13.4. The Kier molecular flexibility index (Phi) is 3.25. The molecule has 0 fully saturated rings. The Bertz CT molecular complexity index is 734. The summed E-state index contributed by atoms with van der Waals surface area (Å²) in [6, 6.07) is 11.8. The zero-order valence-electron chi connectivity index (χ0n) is 10.1. The number of furan rings is 1. The Balaban J connectivity index is 2.25. The van der Waals surface area contributed by atoms with E-state index in [1.54, 1.807) is 30.0 Å². The van der Waals surface area contributed by atoms with Crippen molar-refractivity contribution in [2.45, 2.75) is 4.90 Å². The molecule has 0 aliphatic carbocycles. The van der Waals surface area contributed by atoms with Crippen LogP contribution in [0.2, 0.25) is 5.02 Å². The molecule has 0 N–H and O–H groups in total. The molecule has 0 saturated carbocycles. The summed E-state index contributed by atoms with van der Waals surface area (Å²) < 4.78 is 18.9. The van der Waals surface area contributed by atoms with Crippen LogP contribution in [0.4, 0.5) is 4.39 Å². The Labute approximate surface area is 119 Å². The van der Waals surface area contributed by atoms with E-state index in [4.69, 9.17) is 16.0 Å². The largest absolute Gasteiger partial charge is 0.455 e. The number of rotatable bonds is 2. The first kappa shape index (κ1) is 12.6. The van der Waals surface area contributed by atoms with E-state index in [0.717, 1.165) is 27.2 Å². The molecule has 0 bridgehead atoms. The van der Waals surface area contributed by atoms with Gasteiger partial charge >= 0.3 is 0 Å². The minimum absolute atomic E-state index is 0.256. The molecule has 0 unspecified atom stereocenters. The molecule has 1 nitrogen and oxygen atoms in total. The summed E-state index contributed by atoms with van der Waals surface area (Å²) in [6.45, 7) is 0. The lowest BCUT2D eigenvalue weighted by Crippen LogP contribution is -1.78. The molecular formula is C15H10ClFOS. The smallest absolute Gasteiger partial charge is 0.148 e. The van der Waals surface area contributed by atoms with Gasteiger partial charge in [0.15, 0.2) is 0 Å². The molecule has 0 aliphatic rings. The van der Waals surface area contributed by atoms with Gasteiger partial charge in [-0.3, -0.25) is 0 Å². The monoisotopic (exact) mass is 292 g/mol. The third kappa shape index (κ3) is 2.24. The van der Waals surface area contributed by atoms with Crippen LogP contribution >= 0.6 is 23.4 Å². The summed E-state index contributed by atoms with van der Waals surface area (Å²) in [4.78, 5) is 1.02. The van der Waals surface area contributed by atoms with Crippen molar-refractivity contribution in [3.8, 4) is 11.3 Å². The highest BCUT2D eigenvalue weighted by molar-refractivity contribution is 7.99. The first-order valence-electron chi connectivity index (χ1n) is 5.71. The number of hydrogen-bond acceptors (Lipinski definition) is 2. The normalized spacial score (nSPS) is 11.1. The molecule has 3 rings (SSSR count). The Morgan fingerprint density at radius 1 is 1.11 bits per heavy atom. The predicted molar refractivity (Wildman–Crippen MR) is 78.4 cm³/mol. The van der Waals surface area contributed by atoms with Gasteiger partial charge in [0, 0.05) is 16.0 Å². The fourth-order valence-corrected chi connectivity index (χ4v) is 2.94. The van der Waals surface area contributed by atoms with Crippen LogP contribution in [0, 0.1) is 5.82 Å². The van der Waals surface area contributed by atoms with Crippen LogP contribution in [0.3, 0.4) is 0 Å². The highest BCUT2D eigenvalue weighted by Gasteiger charge is 2.15. The van der Waals surface area contributed by atoms with Crippen molar-refractivity contribution in [2.75, 3.05) is 6.26 Å². The summed E-state index contributed by atoms with van der Waals surface area (Å²) in [5.74, 6) is 0.498. The Hall–Kier alpha value is -1.45. The van der Waals surface area contributed by atoms with Crippen molar-refractivity contribution < 1.29 is 8.81 Å². The Morgan fingerprint density at radius 2 is 1.84 bits per heavy atom. The van der Waals surface area contributed by atoms with Gasteiger partial charge in [0.25, 0.3) is 0 Å². The zero-order valence-corrected chi connectivity index (χ0v) is 11.7. The molecule has 1 heterocycles. The first-order valence-corrected chi connectivity index (χ1v) is 7.31. The summed E-state index contributed by atoms with van der Waals surface area (Å²) in [6.07, 6.45) is 1.98. The molecule has 0 amide bonds. The van der Waals surface area contributed by atoms with E-state index in [0.29, 0.717) is 5.02 Å². The molecule has 0 atom stereocenters. The van der Waals surface area contributed by atoms with Crippen LogP contribution in [0.15, 0.2) is 51.8 Å². The lowest BCUT2D eigenvalue weighted by molar-refractivity contribution is 0.619. The maximum Gasteiger partial charge on any atom is 0.148 e. The minimum atomic E-state index is -0.256. The number of halogens is 2. The molecule has 4 heteroatoms. The van der Waals surface area contributed by atoms with Gasteiger partial charge < -0.3 is 4.42 Å². The molecule has 2 aromatic carbocycles.